The lowest BCUT2D eigenvalue weighted by atomic mass is 10.0. The van der Waals surface area contributed by atoms with E-state index in [4.69, 9.17) is 5.26 Å². The quantitative estimate of drug-likeness (QED) is 0.786. The number of phenolic OH excluding ortho intramolecular Hbond substituents is 2. The van der Waals surface area contributed by atoms with E-state index in [2.05, 4.69) is 11.4 Å². The molecule has 4 nitrogen and oxygen atoms in total. The minimum atomic E-state index is -0.323. The number of anilines is 1. The second kappa shape index (κ2) is 5.32. The van der Waals surface area contributed by atoms with Gasteiger partial charge in [-0.15, -0.1) is 0 Å². The van der Waals surface area contributed by atoms with Crippen LogP contribution in [-0.2, 0) is 0 Å². The molecule has 2 rings (SSSR count). The molecule has 2 aromatic carbocycles. The van der Waals surface area contributed by atoms with Gasteiger partial charge in [-0.3, -0.25) is 0 Å². The van der Waals surface area contributed by atoms with Gasteiger partial charge in [-0.2, -0.15) is 5.26 Å². The number of nitrogens with one attached hydrogen (secondary N) is 1. The van der Waals surface area contributed by atoms with Gasteiger partial charge >= 0.3 is 0 Å². The number of rotatable bonds is 3. The number of para-hydroxylation sites is 1. The lowest BCUT2D eigenvalue weighted by molar-refractivity contribution is 0.434. The molecule has 19 heavy (non-hydrogen) atoms. The summed E-state index contributed by atoms with van der Waals surface area (Å²) < 4.78 is 0. The van der Waals surface area contributed by atoms with Gasteiger partial charge in [0.15, 0.2) is 0 Å². The molecule has 96 valence electrons. The summed E-state index contributed by atoms with van der Waals surface area (Å²) in [5, 5.41) is 31.7. The van der Waals surface area contributed by atoms with Crippen molar-refractivity contribution in [2.45, 2.75) is 13.0 Å². The molecule has 0 fully saturated rings. The Hall–Kier alpha value is -2.67. The summed E-state index contributed by atoms with van der Waals surface area (Å²) in [7, 11) is 0. The molecule has 0 amide bonds. The van der Waals surface area contributed by atoms with Crippen molar-refractivity contribution in [2.24, 2.45) is 0 Å². The Labute approximate surface area is 111 Å². The third-order valence-electron chi connectivity index (χ3n) is 2.91. The number of nitrogens with zero attached hydrogens (tertiary/aromatic N) is 1. The summed E-state index contributed by atoms with van der Waals surface area (Å²) in [5.74, 6) is 0.0453. The average Bonchev–Trinajstić information content (AvgIpc) is 2.39. The van der Waals surface area contributed by atoms with Gasteiger partial charge in [-0.25, -0.2) is 0 Å². The number of benzene rings is 2. The third kappa shape index (κ3) is 2.61. The first kappa shape index (κ1) is 12.8. The van der Waals surface area contributed by atoms with Gasteiger partial charge in [0.25, 0.3) is 0 Å². The standard InChI is InChI=1S/C15H14N2O2/c1-10(15-13(18)7-4-8-14(15)19)17-12-6-3-2-5-11(12)9-16/h2-8,10,17-19H,1H3. The van der Waals surface area contributed by atoms with Crippen LogP contribution < -0.4 is 5.32 Å². The molecule has 3 N–H and O–H groups in total. The fourth-order valence-electron chi connectivity index (χ4n) is 2.00. The van der Waals surface area contributed by atoms with Crippen LogP contribution in [0.4, 0.5) is 5.69 Å². The predicted octanol–water partition coefficient (Wildman–Crippen LogP) is 3.14. The van der Waals surface area contributed by atoms with Gasteiger partial charge in [0.2, 0.25) is 0 Å². The van der Waals surface area contributed by atoms with Crippen LogP contribution in [0.3, 0.4) is 0 Å². The van der Waals surface area contributed by atoms with Crippen molar-refractivity contribution >= 4 is 5.69 Å². The number of aromatic hydroxyl groups is 2. The SMILES string of the molecule is CC(Nc1ccccc1C#N)c1c(O)cccc1O. The smallest absolute Gasteiger partial charge is 0.124 e. The number of nitriles is 1. The molecule has 4 heteroatoms. The van der Waals surface area contributed by atoms with Crippen molar-refractivity contribution in [2.75, 3.05) is 5.32 Å². The Balaban J connectivity index is 2.32. The average molecular weight is 254 g/mol. The molecule has 0 aliphatic heterocycles. The molecule has 0 heterocycles. The van der Waals surface area contributed by atoms with Crippen molar-refractivity contribution in [3.8, 4) is 17.6 Å². The van der Waals surface area contributed by atoms with Gasteiger partial charge in [-0.05, 0) is 31.2 Å². The maximum Gasteiger partial charge on any atom is 0.124 e. The molecular formula is C15H14N2O2. The lowest BCUT2D eigenvalue weighted by Crippen LogP contribution is -2.08. The van der Waals surface area contributed by atoms with Gasteiger partial charge in [0.05, 0.1) is 22.9 Å². The van der Waals surface area contributed by atoms with Crippen LogP contribution in [0.25, 0.3) is 0 Å². The summed E-state index contributed by atoms with van der Waals surface area (Å²) in [6.07, 6.45) is 0. The summed E-state index contributed by atoms with van der Waals surface area (Å²) in [4.78, 5) is 0. The van der Waals surface area contributed by atoms with E-state index in [0.717, 1.165) is 0 Å². The first-order chi connectivity index (χ1) is 9.13. The summed E-state index contributed by atoms with van der Waals surface area (Å²) >= 11 is 0. The normalized spacial score (nSPS) is 11.6. The number of phenols is 2. The second-order valence-electron chi connectivity index (χ2n) is 4.23. The van der Waals surface area contributed by atoms with E-state index in [1.54, 1.807) is 24.3 Å². The Bertz CT molecular complexity index is 612. The lowest BCUT2D eigenvalue weighted by Gasteiger charge is -2.18. The van der Waals surface area contributed by atoms with Crippen molar-refractivity contribution in [3.63, 3.8) is 0 Å². The molecule has 1 atom stereocenters. The van der Waals surface area contributed by atoms with Crippen molar-refractivity contribution in [1.29, 1.82) is 5.26 Å². The molecule has 2 aromatic rings. The Kier molecular flexibility index (Phi) is 3.58. The van der Waals surface area contributed by atoms with Crippen molar-refractivity contribution < 1.29 is 10.2 Å². The first-order valence-electron chi connectivity index (χ1n) is 5.90. The maximum atomic E-state index is 9.80. The maximum absolute atomic E-state index is 9.80. The highest BCUT2D eigenvalue weighted by Gasteiger charge is 2.15. The van der Waals surface area contributed by atoms with Crippen LogP contribution in [0.5, 0.6) is 11.5 Å². The van der Waals surface area contributed by atoms with Crippen molar-refractivity contribution in [1.82, 2.24) is 0 Å². The van der Waals surface area contributed by atoms with Crippen LogP contribution in [0, 0.1) is 11.3 Å². The number of hydrogen-bond acceptors (Lipinski definition) is 4. The topological polar surface area (TPSA) is 76.3 Å². The van der Waals surface area contributed by atoms with Gasteiger partial charge in [-0.1, -0.05) is 18.2 Å². The van der Waals surface area contributed by atoms with E-state index in [1.807, 2.05) is 13.0 Å². The van der Waals surface area contributed by atoms with Crippen molar-refractivity contribution in [3.05, 3.63) is 53.6 Å². The molecule has 0 saturated carbocycles. The first-order valence-corrected chi connectivity index (χ1v) is 5.90. The zero-order chi connectivity index (χ0) is 13.8. The molecule has 0 saturated heterocycles. The highest BCUT2D eigenvalue weighted by atomic mass is 16.3. The van der Waals surface area contributed by atoms with E-state index >= 15 is 0 Å². The van der Waals surface area contributed by atoms with E-state index in [0.29, 0.717) is 16.8 Å². The largest absolute Gasteiger partial charge is 0.507 e. The van der Waals surface area contributed by atoms with Crippen LogP contribution >= 0.6 is 0 Å². The molecule has 0 spiro atoms. The van der Waals surface area contributed by atoms with E-state index in [-0.39, 0.29) is 17.5 Å². The van der Waals surface area contributed by atoms with E-state index in [9.17, 15) is 10.2 Å². The monoisotopic (exact) mass is 254 g/mol. The highest BCUT2D eigenvalue weighted by molar-refractivity contribution is 5.59. The molecule has 0 bridgehead atoms. The number of hydrogen-bond donors (Lipinski definition) is 3. The molecule has 0 aliphatic carbocycles. The molecule has 0 aliphatic rings. The van der Waals surface area contributed by atoms with Crippen LogP contribution in [0.2, 0.25) is 0 Å². The predicted molar refractivity (Wildman–Crippen MR) is 73.0 cm³/mol. The van der Waals surface area contributed by atoms with E-state index in [1.165, 1.54) is 12.1 Å². The van der Waals surface area contributed by atoms with Gasteiger partial charge in [0.1, 0.15) is 17.6 Å². The van der Waals surface area contributed by atoms with Gasteiger partial charge in [0, 0.05) is 0 Å². The Morgan fingerprint density at radius 2 is 1.68 bits per heavy atom. The second-order valence-corrected chi connectivity index (χ2v) is 4.23. The molecule has 0 radical (unpaired) electrons. The Morgan fingerprint density at radius 1 is 1.05 bits per heavy atom. The van der Waals surface area contributed by atoms with Crippen LogP contribution in [-0.4, -0.2) is 10.2 Å². The zero-order valence-electron chi connectivity index (χ0n) is 10.5. The highest BCUT2D eigenvalue weighted by Crippen LogP contribution is 2.34. The summed E-state index contributed by atoms with van der Waals surface area (Å²) in [6, 6.07) is 13.5. The van der Waals surface area contributed by atoms with Crippen LogP contribution in [0.15, 0.2) is 42.5 Å². The minimum Gasteiger partial charge on any atom is -0.507 e. The summed E-state index contributed by atoms with van der Waals surface area (Å²) in [5.41, 5.74) is 1.60. The minimum absolute atomic E-state index is 0.0226. The van der Waals surface area contributed by atoms with E-state index < -0.39 is 0 Å². The van der Waals surface area contributed by atoms with Gasteiger partial charge < -0.3 is 15.5 Å². The molecule has 1 unspecified atom stereocenters. The Morgan fingerprint density at radius 3 is 2.32 bits per heavy atom. The molecular weight excluding hydrogens is 240 g/mol. The molecule has 0 aromatic heterocycles. The fraction of sp³-hybridized carbons (Fsp3) is 0.133. The van der Waals surface area contributed by atoms with Crippen LogP contribution in [0.1, 0.15) is 24.1 Å². The third-order valence-corrected chi connectivity index (χ3v) is 2.91. The summed E-state index contributed by atoms with van der Waals surface area (Å²) in [6.45, 7) is 1.81. The zero-order valence-corrected chi connectivity index (χ0v) is 10.5. The fourth-order valence-corrected chi connectivity index (χ4v) is 2.00.